The zero-order valence-corrected chi connectivity index (χ0v) is 14.8. The van der Waals surface area contributed by atoms with E-state index in [0.717, 1.165) is 6.42 Å². The van der Waals surface area contributed by atoms with Crippen molar-refractivity contribution in [3.8, 4) is 0 Å². The fourth-order valence-electron chi connectivity index (χ4n) is 2.22. The molecular weight excluding hydrogens is 413 g/mol. The van der Waals surface area contributed by atoms with Gasteiger partial charge in [0, 0.05) is 14.1 Å². The van der Waals surface area contributed by atoms with Crippen LogP contribution >= 0.6 is 38.5 Å². The van der Waals surface area contributed by atoms with Crippen LogP contribution in [-0.4, -0.2) is 7.05 Å². The van der Waals surface area contributed by atoms with Crippen molar-refractivity contribution in [2.75, 3.05) is 7.05 Å². The van der Waals surface area contributed by atoms with E-state index in [2.05, 4.69) is 93.2 Å². The van der Waals surface area contributed by atoms with E-state index >= 15 is 0 Å². The SMILES string of the molecule is CNC(Cc1cccc(C)c1)c1cc(I)ccc1Br. The van der Waals surface area contributed by atoms with Crippen LogP contribution in [0.2, 0.25) is 0 Å². The van der Waals surface area contributed by atoms with Crippen molar-refractivity contribution in [3.05, 3.63) is 67.2 Å². The fourth-order valence-corrected chi connectivity index (χ4v) is 3.26. The summed E-state index contributed by atoms with van der Waals surface area (Å²) in [5, 5.41) is 3.42. The Morgan fingerprint density at radius 3 is 2.68 bits per heavy atom. The third kappa shape index (κ3) is 4.04. The molecule has 0 aliphatic carbocycles. The maximum Gasteiger partial charge on any atom is 0.0370 e. The van der Waals surface area contributed by atoms with Crippen molar-refractivity contribution in [3.63, 3.8) is 0 Å². The summed E-state index contributed by atoms with van der Waals surface area (Å²) in [6.07, 6.45) is 0.997. The molecule has 1 atom stereocenters. The Labute approximate surface area is 137 Å². The first kappa shape index (κ1) is 15.0. The van der Waals surface area contributed by atoms with Gasteiger partial charge in [-0.05, 0) is 72.3 Å². The second-order valence-corrected chi connectivity index (χ2v) is 6.80. The zero-order chi connectivity index (χ0) is 13.8. The highest BCUT2D eigenvalue weighted by molar-refractivity contribution is 14.1. The summed E-state index contributed by atoms with van der Waals surface area (Å²) >= 11 is 6.02. The minimum absolute atomic E-state index is 0.325. The molecule has 2 aromatic rings. The Bertz CT molecular complexity index is 568. The lowest BCUT2D eigenvalue weighted by Gasteiger charge is -2.19. The summed E-state index contributed by atoms with van der Waals surface area (Å²) in [7, 11) is 2.02. The molecule has 1 N–H and O–H groups in total. The van der Waals surface area contributed by atoms with Gasteiger partial charge in [0.25, 0.3) is 0 Å². The summed E-state index contributed by atoms with van der Waals surface area (Å²) in [5.74, 6) is 0. The van der Waals surface area contributed by atoms with Gasteiger partial charge in [-0.1, -0.05) is 45.8 Å². The molecule has 19 heavy (non-hydrogen) atoms. The molecule has 1 unspecified atom stereocenters. The summed E-state index contributed by atoms with van der Waals surface area (Å²) in [4.78, 5) is 0. The normalized spacial score (nSPS) is 12.4. The summed E-state index contributed by atoms with van der Waals surface area (Å²) < 4.78 is 2.43. The van der Waals surface area contributed by atoms with Crippen LogP contribution < -0.4 is 5.32 Å². The van der Waals surface area contributed by atoms with Crippen LogP contribution in [0.5, 0.6) is 0 Å². The Kier molecular flexibility index (Phi) is 5.42. The highest BCUT2D eigenvalue weighted by Gasteiger charge is 2.13. The van der Waals surface area contributed by atoms with Crippen molar-refractivity contribution in [2.24, 2.45) is 0 Å². The number of hydrogen-bond acceptors (Lipinski definition) is 1. The van der Waals surface area contributed by atoms with Gasteiger partial charge in [0.05, 0.1) is 0 Å². The topological polar surface area (TPSA) is 12.0 Å². The molecule has 2 rings (SSSR count). The maximum absolute atomic E-state index is 3.66. The first-order chi connectivity index (χ1) is 9.10. The van der Waals surface area contributed by atoms with Crippen LogP contribution in [0.4, 0.5) is 0 Å². The number of nitrogens with one attached hydrogen (secondary N) is 1. The molecule has 0 heterocycles. The minimum Gasteiger partial charge on any atom is -0.313 e. The average Bonchev–Trinajstić information content (AvgIpc) is 2.39. The van der Waals surface area contributed by atoms with Crippen molar-refractivity contribution in [1.82, 2.24) is 5.32 Å². The molecule has 100 valence electrons. The van der Waals surface area contributed by atoms with E-state index in [9.17, 15) is 0 Å². The van der Waals surface area contributed by atoms with Gasteiger partial charge < -0.3 is 5.32 Å². The molecule has 0 bridgehead atoms. The molecule has 0 aliphatic rings. The molecule has 0 saturated heterocycles. The molecule has 1 nitrogen and oxygen atoms in total. The van der Waals surface area contributed by atoms with Crippen molar-refractivity contribution < 1.29 is 0 Å². The number of benzene rings is 2. The molecular formula is C16H17BrIN. The lowest BCUT2D eigenvalue weighted by atomic mass is 9.98. The molecule has 0 saturated carbocycles. The molecule has 0 amide bonds. The van der Waals surface area contributed by atoms with Crippen LogP contribution in [0.3, 0.4) is 0 Å². The third-order valence-corrected chi connectivity index (χ3v) is 4.60. The molecule has 0 radical (unpaired) electrons. The summed E-state index contributed by atoms with van der Waals surface area (Å²) in [5.41, 5.74) is 4.00. The second-order valence-electron chi connectivity index (χ2n) is 4.70. The predicted molar refractivity (Wildman–Crippen MR) is 93.5 cm³/mol. The van der Waals surface area contributed by atoms with Gasteiger partial charge in [0.2, 0.25) is 0 Å². The van der Waals surface area contributed by atoms with Crippen LogP contribution in [0.25, 0.3) is 0 Å². The van der Waals surface area contributed by atoms with Crippen LogP contribution in [-0.2, 0) is 6.42 Å². The van der Waals surface area contributed by atoms with E-state index in [1.807, 2.05) is 7.05 Å². The molecule has 0 aromatic heterocycles. The Hall–Kier alpha value is -0.390. The molecule has 3 heteroatoms. The minimum atomic E-state index is 0.325. The molecule has 0 fully saturated rings. The van der Waals surface area contributed by atoms with Crippen LogP contribution in [0, 0.1) is 10.5 Å². The second kappa shape index (κ2) is 6.86. The standard InChI is InChI=1S/C16H17BrIN/c1-11-4-3-5-12(8-11)9-16(19-2)14-10-13(18)6-7-15(14)17/h3-8,10,16,19H,9H2,1-2H3. The first-order valence-corrected chi connectivity index (χ1v) is 8.15. The maximum atomic E-state index is 3.66. The lowest BCUT2D eigenvalue weighted by molar-refractivity contribution is 0.589. The number of likely N-dealkylation sites (N-methyl/N-ethyl adjacent to an activating group) is 1. The molecule has 2 aromatic carbocycles. The van der Waals surface area contributed by atoms with Gasteiger partial charge in [0.15, 0.2) is 0 Å². The predicted octanol–water partition coefficient (Wildman–Crippen LogP) is 4.87. The van der Waals surface area contributed by atoms with Gasteiger partial charge in [-0.25, -0.2) is 0 Å². The Morgan fingerprint density at radius 2 is 2.00 bits per heavy atom. The van der Waals surface area contributed by atoms with E-state index in [4.69, 9.17) is 0 Å². The highest BCUT2D eigenvalue weighted by atomic mass is 127. The Balaban J connectivity index is 2.27. The van der Waals surface area contributed by atoms with E-state index < -0.39 is 0 Å². The average molecular weight is 430 g/mol. The largest absolute Gasteiger partial charge is 0.313 e. The number of aryl methyl sites for hydroxylation is 1. The summed E-state index contributed by atoms with van der Waals surface area (Å²) in [6, 6.07) is 15.5. The fraction of sp³-hybridized carbons (Fsp3) is 0.250. The van der Waals surface area contributed by atoms with E-state index in [-0.39, 0.29) is 0 Å². The number of halogens is 2. The van der Waals surface area contributed by atoms with Gasteiger partial charge >= 0.3 is 0 Å². The Morgan fingerprint density at radius 1 is 1.21 bits per heavy atom. The van der Waals surface area contributed by atoms with Crippen molar-refractivity contribution in [2.45, 2.75) is 19.4 Å². The summed E-state index contributed by atoms with van der Waals surface area (Å²) in [6.45, 7) is 2.14. The van der Waals surface area contributed by atoms with E-state index in [1.165, 1.54) is 24.7 Å². The monoisotopic (exact) mass is 429 g/mol. The van der Waals surface area contributed by atoms with E-state index in [0.29, 0.717) is 6.04 Å². The number of hydrogen-bond donors (Lipinski definition) is 1. The number of rotatable bonds is 4. The smallest absolute Gasteiger partial charge is 0.0370 e. The van der Waals surface area contributed by atoms with Crippen molar-refractivity contribution >= 4 is 38.5 Å². The lowest BCUT2D eigenvalue weighted by Crippen LogP contribution is -2.19. The first-order valence-electron chi connectivity index (χ1n) is 6.28. The van der Waals surface area contributed by atoms with Crippen LogP contribution in [0.1, 0.15) is 22.7 Å². The van der Waals surface area contributed by atoms with E-state index in [1.54, 1.807) is 0 Å². The van der Waals surface area contributed by atoms with Gasteiger partial charge in [-0.2, -0.15) is 0 Å². The van der Waals surface area contributed by atoms with Gasteiger partial charge in [-0.3, -0.25) is 0 Å². The quantitative estimate of drug-likeness (QED) is 0.684. The van der Waals surface area contributed by atoms with Crippen molar-refractivity contribution in [1.29, 1.82) is 0 Å². The zero-order valence-electron chi connectivity index (χ0n) is 11.1. The van der Waals surface area contributed by atoms with Gasteiger partial charge in [-0.15, -0.1) is 0 Å². The molecule has 0 aliphatic heterocycles. The highest BCUT2D eigenvalue weighted by Crippen LogP contribution is 2.27. The van der Waals surface area contributed by atoms with Gasteiger partial charge in [0.1, 0.15) is 0 Å². The molecule has 0 spiro atoms. The van der Waals surface area contributed by atoms with Crippen LogP contribution in [0.15, 0.2) is 46.9 Å². The third-order valence-electron chi connectivity index (χ3n) is 3.20.